The molecule has 1 unspecified atom stereocenters. The smallest absolute Gasteiger partial charge is 0.409 e. The molecule has 0 heterocycles. The lowest BCUT2D eigenvalue weighted by molar-refractivity contribution is -0.145. The summed E-state index contributed by atoms with van der Waals surface area (Å²) in [7, 11) is 0. The van der Waals surface area contributed by atoms with Crippen LogP contribution in [-0.4, -0.2) is 127 Å². The number of hydrogen-bond acceptors (Lipinski definition) is 11. The van der Waals surface area contributed by atoms with E-state index in [1.165, 1.54) is 6.92 Å². The van der Waals surface area contributed by atoms with E-state index in [1.54, 1.807) is 4.90 Å². The fourth-order valence-corrected chi connectivity index (χ4v) is 3.59. The average Bonchev–Trinajstić information content (AvgIpc) is 2.93. The second-order valence-electron chi connectivity index (χ2n) is 8.02. The first-order valence-electron chi connectivity index (χ1n) is 13.9. The Bertz CT molecular complexity index is 553. The van der Waals surface area contributed by atoms with E-state index in [2.05, 4.69) is 13.2 Å². The van der Waals surface area contributed by atoms with Crippen molar-refractivity contribution in [3.05, 3.63) is 0 Å². The van der Waals surface area contributed by atoms with Crippen LogP contribution in [0.25, 0.3) is 0 Å². The summed E-state index contributed by atoms with van der Waals surface area (Å²) in [6, 6.07) is 0. The highest BCUT2D eigenvalue weighted by Crippen LogP contribution is 2.15. The predicted octanol–water partition coefficient (Wildman–Crippen LogP) is 3.61. The van der Waals surface area contributed by atoms with Crippen molar-refractivity contribution in [1.82, 2.24) is 4.90 Å². The van der Waals surface area contributed by atoms with Crippen LogP contribution in [0, 0.1) is 0 Å². The maximum Gasteiger partial charge on any atom is 0.409 e. The molecular weight excluding hydrogens is 530 g/mol. The molecule has 39 heavy (non-hydrogen) atoms. The Labute approximate surface area is 239 Å². The van der Waals surface area contributed by atoms with E-state index in [0.29, 0.717) is 90.8 Å². The quantitative estimate of drug-likeness (QED) is 0.0844. The Balaban J connectivity index is 0. The van der Waals surface area contributed by atoms with Crippen molar-refractivity contribution >= 4 is 30.1 Å². The van der Waals surface area contributed by atoms with Crippen molar-refractivity contribution in [2.45, 2.75) is 58.6 Å². The van der Waals surface area contributed by atoms with Crippen LogP contribution in [0.3, 0.4) is 0 Å². The number of ether oxygens (including phenoxy) is 7. The van der Waals surface area contributed by atoms with Gasteiger partial charge in [-0.05, 0) is 39.4 Å². The van der Waals surface area contributed by atoms with Gasteiger partial charge in [0.2, 0.25) is 0 Å². The molecule has 0 aromatic carbocycles. The molecule has 12 heteroatoms. The third kappa shape index (κ3) is 29.4. The molecule has 0 fully saturated rings. The van der Waals surface area contributed by atoms with E-state index in [9.17, 15) is 9.59 Å². The SMILES string of the molecule is CC=O.CCCC(=O)OCCOCCOCCOCCOCCOCCOC(=O)N(CC)CCC(CC)SC. The fourth-order valence-electron chi connectivity index (χ4n) is 2.92. The molecular formula is C27H53NO10S. The Morgan fingerprint density at radius 3 is 1.51 bits per heavy atom. The molecule has 1 atom stereocenters. The van der Waals surface area contributed by atoms with Crippen molar-refractivity contribution in [3.63, 3.8) is 0 Å². The number of thioether (sulfide) groups is 1. The van der Waals surface area contributed by atoms with Crippen LogP contribution in [0.4, 0.5) is 4.79 Å². The summed E-state index contributed by atoms with van der Waals surface area (Å²) >= 11 is 1.84. The van der Waals surface area contributed by atoms with E-state index in [1.807, 2.05) is 25.6 Å². The number of nitrogens with zero attached hydrogens (tertiary/aromatic N) is 1. The Hall–Kier alpha value is -1.44. The lowest BCUT2D eigenvalue weighted by Crippen LogP contribution is -2.34. The van der Waals surface area contributed by atoms with Crippen LogP contribution in [0.2, 0.25) is 0 Å². The molecule has 0 saturated heterocycles. The van der Waals surface area contributed by atoms with Crippen molar-refractivity contribution in [3.8, 4) is 0 Å². The van der Waals surface area contributed by atoms with Gasteiger partial charge >= 0.3 is 12.1 Å². The molecule has 11 nitrogen and oxygen atoms in total. The zero-order valence-corrected chi connectivity index (χ0v) is 25.6. The largest absolute Gasteiger partial charge is 0.463 e. The number of aldehydes is 1. The van der Waals surface area contributed by atoms with Gasteiger partial charge in [0.25, 0.3) is 0 Å². The van der Waals surface area contributed by atoms with Gasteiger partial charge < -0.3 is 42.9 Å². The molecule has 0 aromatic rings. The zero-order chi connectivity index (χ0) is 29.4. The van der Waals surface area contributed by atoms with Gasteiger partial charge in [0, 0.05) is 24.8 Å². The zero-order valence-electron chi connectivity index (χ0n) is 24.8. The Morgan fingerprint density at radius 2 is 1.15 bits per heavy atom. The summed E-state index contributed by atoms with van der Waals surface area (Å²) in [5, 5.41) is 0.570. The summed E-state index contributed by atoms with van der Waals surface area (Å²) < 4.78 is 37.3. The monoisotopic (exact) mass is 583 g/mol. The molecule has 0 saturated carbocycles. The van der Waals surface area contributed by atoms with Crippen molar-refractivity contribution in [2.24, 2.45) is 0 Å². The summed E-state index contributed by atoms with van der Waals surface area (Å²) in [4.78, 5) is 33.8. The molecule has 0 aliphatic carbocycles. The fraction of sp³-hybridized carbons (Fsp3) is 0.889. The Kier molecular flexibility index (Phi) is 33.4. The minimum Gasteiger partial charge on any atom is -0.463 e. The molecule has 0 N–H and O–H groups in total. The van der Waals surface area contributed by atoms with Crippen LogP contribution >= 0.6 is 11.8 Å². The number of carbonyl (C=O) groups is 3. The Morgan fingerprint density at radius 1 is 0.744 bits per heavy atom. The molecule has 0 bridgehead atoms. The minimum absolute atomic E-state index is 0.190. The van der Waals surface area contributed by atoms with Gasteiger partial charge in [-0.25, -0.2) is 4.79 Å². The van der Waals surface area contributed by atoms with Crippen LogP contribution in [0.15, 0.2) is 0 Å². The van der Waals surface area contributed by atoms with Gasteiger partial charge in [-0.3, -0.25) is 4.79 Å². The number of esters is 1. The van der Waals surface area contributed by atoms with Crippen LogP contribution in [-0.2, 0) is 42.7 Å². The second-order valence-corrected chi connectivity index (χ2v) is 9.15. The molecule has 0 aliphatic heterocycles. The normalized spacial score (nSPS) is 11.3. The van der Waals surface area contributed by atoms with Gasteiger partial charge in [0.1, 0.15) is 19.5 Å². The number of carbonyl (C=O) groups excluding carboxylic acids is 3. The number of rotatable bonds is 26. The highest BCUT2D eigenvalue weighted by molar-refractivity contribution is 7.99. The van der Waals surface area contributed by atoms with Crippen molar-refractivity contribution < 1.29 is 47.5 Å². The molecule has 0 radical (unpaired) electrons. The van der Waals surface area contributed by atoms with Gasteiger partial charge in [0.05, 0.1) is 66.1 Å². The third-order valence-electron chi connectivity index (χ3n) is 5.04. The maximum absolute atomic E-state index is 12.1. The first-order chi connectivity index (χ1) is 19.0. The predicted molar refractivity (Wildman–Crippen MR) is 153 cm³/mol. The molecule has 232 valence electrons. The van der Waals surface area contributed by atoms with E-state index < -0.39 is 0 Å². The van der Waals surface area contributed by atoms with E-state index in [4.69, 9.17) is 38.0 Å². The molecule has 0 spiro atoms. The summed E-state index contributed by atoms with van der Waals surface area (Å²) in [5.74, 6) is -0.190. The lowest BCUT2D eigenvalue weighted by Gasteiger charge is -2.22. The lowest BCUT2D eigenvalue weighted by atomic mass is 10.2. The minimum atomic E-state index is -0.285. The van der Waals surface area contributed by atoms with E-state index >= 15 is 0 Å². The van der Waals surface area contributed by atoms with Gasteiger partial charge in [0.15, 0.2) is 0 Å². The molecule has 0 aliphatic rings. The molecule has 1 amide bonds. The third-order valence-corrected chi connectivity index (χ3v) is 6.27. The van der Waals surface area contributed by atoms with E-state index in [-0.39, 0.29) is 25.3 Å². The van der Waals surface area contributed by atoms with Gasteiger partial charge in [-0.15, -0.1) is 0 Å². The van der Waals surface area contributed by atoms with Gasteiger partial charge in [-0.2, -0.15) is 11.8 Å². The van der Waals surface area contributed by atoms with Crippen molar-refractivity contribution in [2.75, 3.05) is 98.6 Å². The molecule has 0 rings (SSSR count). The summed E-state index contributed by atoms with van der Waals surface area (Å²) in [5.41, 5.74) is 0. The first-order valence-corrected chi connectivity index (χ1v) is 15.2. The van der Waals surface area contributed by atoms with Crippen molar-refractivity contribution in [1.29, 1.82) is 0 Å². The summed E-state index contributed by atoms with van der Waals surface area (Å²) in [6.07, 6.45) is 5.87. The highest BCUT2D eigenvalue weighted by Gasteiger charge is 2.14. The van der Waals surface area contributed by atoms with Crippen LogP contribution in [0.5, 0.6) is 0 Å². The molecule has 0 aromatic heterocycles. The average molecular weight is 584 g/mol. The second kappa shape index (κ2) is 32.8. The van der Waals surface area contributed by atoms with E-state index in [0.717, 1.165) is 25.5 Å². The highest BCUT2D eigenvalue weighted by atomic mass is 32.2. The maximum atomic E-state index is 12.1. The standard InChI is InChI=1S/C25H49NO9S.C2H4O/c1-5-8-24(27)34-21-19-32-17-15-30-13-11-29-12-14-31-16-18-33-20-22-35-25(28)26(7-3)10-9-23(6-2)36-4;1-2-3/h23H,5-22H2,1-4H3;2H,1H3. The first kappa shape index (κ1) is 39.7. The topological polar surface area (TPSA) is 119 Å². The van der Waals surface area contributed by atoms with Crippen LogP contribution < -0.4 is 0 Å². The van der Waals surface area contributed by atoms with Crippen LogP contribution in [0.1, 0.15) is 53.4 Å². The number of amides is 1. The number of hydrogen-bond donors (Lipinski definition) is 0. The van der Waals surface area contributed by atoms with Gasteiger partial charge in [-0.1, -0.05) is 13.8 Å². The summed E-state index contributed by atoms with van der Waals surface area (Å²) in [6.45, 7) is 13.8.